The Hall–Kier alpha value is -1.80. The Kier molecular flexibility index (Phi) is 3.92. The fourth-order valence-corrected chi connectivity index (χ4v) is 1.26. The first-order chi connectivity index (χ1) is 7.86. The zero-order chi connectivity index (χ0) is 13.1. The number of alkyl halides is 3. The molecule has 1 atom stereocenters. The predicted octanol–water partition coefficient (Wildman–Crippen LogP) is 2.24. The van der Waals surface area contributed by atoms with E-state index in [9.17, 15) is 18.0 Å². The number of hydrogen-bond acceptors (Lipinski definition) is 2. The number of Topliss-reactive ketones (excluding diaryl/α,β-unsaturated/α-hetero) is 1. The molecule has 90 valence electrons. The van der Waals surface area contributed by atoms with E-state index in [1.54, 1.807) is 0 Å². The molecule has 1 unspecified atom stereocenters. The molecule has 0 saturated carbocycles. The Morgan fingerprint density at radius 2 is 1.88 bits per heavy atom. The number of terminal acetylenes is 1. The van der Waals surface area contributed by atoms with Crippen molar-refractivity contribution in [2.24, 2.45) is 5.73 Å². The summed E-state index contributed by atoms with van der Waals surface area (Å²) in [6.45, 7) is 0. The molecule has 0 radical (unpaired) electrons. The Labute approximate surface area is 96.6 Å². The molecule has 0 aliphatic heterocycles. The number of benzene rings is 1. The van der Waals surface area contributed by atoms with Crippen molar-refractivity contribution in [3.05, 3.63) is 35.4 Å². The minimum absolute atomic E-state index is 0.0554. The molecular weight excluding hydrogens is 231 g/mol. The summed E-state index contributed by atoms with van der Waals surface area (Å²) in [4.78, 5) is 11.6. The molecule has 0 amide bonds. The van der Waals surface area contributed by atoms with Crippen molar-refractivity contribution in [3.63, 3.8) is 0 Å². The van der Waals surface area contributed by atoms with Crippen LogP contribution in [0.1, 0.15) is 22.3 Å². The lowest BCUT2D eigenvalue weighted by atomic mass is 10.0. The summed E-state index contributed by atoms with van der Waals surface area (Å²) in [6.07, 6.45) is 0.637. The molecule has 2 N–H and O–H groups in total. The summed E-state index contributed by atoms with van der Waals surface area (Å²) in [5, 5.41) is 0. The van der Waals surface area contributed by atoms with Gasteiger partial charge in [-0.25, -0.2) is 0 Å². The number of hydrogen-bond donors (Lipinski definition) is 1. The van der Waals surface area contributed by atoms with Crippen LogP contribution in [-0.2, 0) is 6.18 Å². The average molecular weight is 241 g/mol. The van der Waals surface area contributed by atoms with Gasteiger partial charge in [0.15, 0.2) is 5.78 Å². The van der Waals surface area contributed by atoms with Crippen LogP contribution < -0.4 is 5.73 Å². The molecule has 1 aromatic rings. The molecule has 1 rings (SSSR count). The highest BCUT2D eigenvalue weighted by Gasteiger charge is 2.30. The molecule has 0 bridgehead atoms. The van der Waals surface area contributed by atoms with E-state index in [0.29, 0.717) is 0 Å². The summed E-state index contributed by atoms with van der Waals surface area (Å²) in [5.41, 5.74) is 4.79. The van der Waals surface area contributed by atoms with Crippen molar-refractivity contribution in [1.29, 1.82) is 0 Å². The average Bonchev–Trinajstić information content (AvgIpc) is 2.27. The largest absolute Gasteiger partial charge is 0.416 e. The minimum Gasteiger partial charge on any atom is -0.320 e. The molecule has 2 nitrogen and oxygen atoms in total. The van der Waals surface area contributed by atoms with Crippen LogP contribution in [0.25, 0.3) is 0 Å². The normalized spacial score (nSPS) is 12.9. The molecule has 0 aliphatic rings. The number of nitrogens with two attached hydrogens (primary N) is 1. The number of ketones is 1. The van der Waals surface area contributed by atoms with E-state index < -0.39 is 23.6 Å². The van der Waals surface area contributed by atoms with Gasteiger partial charge in [0.2, 0.25) is 0 Å². The van der Waals surface area contributed by atoms with Crippen LogP contribution in [0.2, 0.25) is 0 Å². The lowest BCUT2D eigenvalue weighted by molar-refractivity contribution is -0.137. The van der Waals surface area contributed by atoms with Crippen molar-refractivity contribution >= 4 is 5.78 Å². The van der Waals surface area contributed by atoms with Gasteiger partial charge in [0.25, 0.3) is 0 Å². The van der Waals surface area contributed by atoms with Crippen LogP contribution in [0.5, 0.6) is 0 Å². The van der Waals surface area contributed by atoms with Crippen molar-refractivity contribution < 1.29 is 18.0 Å². The van der Waals surface area contributed by atoms with Gasteiger partial charge >= 0.3 is 6.18 Å². The van der Waals surface area contributed by atoms with E-state index in [4.69, 9.17) is 12.2 Å². The van der Waals surface area contributed by atoms with Gasteiger partial charge in [-0.3, -0.25) is 4.79 Å². The minimum atomic E-state index is -4.41. The third kappa shape index (κ3) is 3.33. The first kappa shape index (κ1) is 13.3. The second kappa shape index (κ2) is 5.02. The van der Waals surface area contributed by atoms with Gasteiger partial charge in [-0.05, 0) is 12.1 Å². The van der Waals surface area contributed by atoms with Crippen molar-refractivity contribution in [2.45, 2.75) is 18.6 Å². The molecular formula is C12H10F3NO. The Morgan fingerprint density at radius 3 is 2.29 bits per heavy atom. The summed E-state index contributed by atoms with van der Waals surface area (Å²) in [5.74, 6) is 1.77. The van der Waals surface area contributed by atoms with Crippen LogP contribution in [0.3, 0.4) is 0 Å². The van der Waals surface area contributed by atoms with E-state index in [2.05, 4.69) is 5.92 Å². The predicted molar refractivity (Wildman–Crippen MR) is 57.2 cm³/mol. The van der Waals surface area contributed by atoms with E-state index in [-0.39, 0.29) is 12.0 Å². The fraction of sp³-hybridized carbons (Fsp3) is 0.250. The molecule has 1 aromatic carbocycles. The van der Waals surface area contributed by atoms with Crippen LogP contribution in [0.4, 0.5) is 13.2 Å². The van der Waals surface area contributed by atoms with Gasteiger partial charge in [-0.15, -0.1) is 12.3 Å². The maximum Gasteiger partial charge on any atom is 0.416 e. The highest BCUT2D eigenvalue weighted by molar-refractivity contribution is 6.00. The van der Waals surface area contributed by atoms with Crippen LogP contribution >= 0.6 is 0 Å². The Balaban J connectivity index is 2.89. The first-order valence-corrected chi connectivity index (χ1v) is 4.76. The van der Waals surface area contributed by atoms with E-state index >= 15 is 0 Å². The van der Waals surface area contributed by atoms with Crippen molar-refractivity contribution in [2.75, 3.05) is 0 Å². The third-order valence-corrected chi connectivity index (χ3v) is 2.17. The summed E-state index contributed by atoms with van der Waals surface area (Å²) < 4.78 is 36.8. The van der Waals surface area contributed by atoms with E-state index in [0.717, 1.165) is 24.3 Å². The van der Waals surface area contributed by atoms with Gasteiger partial charge in [-0.2, -0.15) is 13.2 Å². The van der Waals surface area contributed by atoms with Gasteiger partial charge in [0, 0.05) is 12.0 Å². The molecule has 0 fully saturated rings. The fourth-order valence-electron chi connectivity index (χ4n) is 1.26. The maximum absolute atomic E-state index is 12.3. The highest BCUT2D eigenvalue weighted by Crippen LogP contribution is 2.29. The lowest BCUT2D eigenvalue weighted by Crippen LogP contribution is -2.29. The quantitative estimate of drug-likeness (QED) is 0.651. The molecule has 0 aliphatic carbocycles. The number of carbonyl (C=O) groups is 1. The topological polar surface area (TPSA) is 43.1 Å². The maximum atomic E-state index is 12.3. The Bertz CT molecular complexity index is 442. The van der Waals surface area contributed by atoms with Crippen LogP contribution in [0, 0.1) is 12.3 Å². The molecule has 5 heteroatoms. The van der Waals surface area contributed by atoms with Crippen LogP contribution in [0.15, 0.2) is 24.3 Å². The van der Waals surface area contributed by atoms with Gasteiger partial charge < -0.3 is 5.73 Å². The number of rotatable bonds is 3. The van der Waals surface area contributed by atoms with Crippen molar-refractivity contribution in [3.8, 4) is 12.3 Å². The molecule has 0 spiro atoms. The van der Waals surface area contributed by atoms with E-state index in [1.165, 1.54) is 0 Å². The smallest absolute Gasteiger partial charge is 0.320 e. The van der Waals surface area contributed by atoms with Gasteiger partial charge in [0.1, 0.15) is 0 Å². The Morgan fingerprint density at radius 1 is 1.35 bits per heavy atom. The zero-order valence-electron chi connectivity index (χ0n) is 8.79. The standard InChI is InChI=1S/C12H10F3NO/c1-2-3-10(16)11(17)8-4-6-9(7-5-8)12(13,14)15/h1,4-7,10H,3,16H2. The first-order valence-electron chi connectivity index (χ1n) is 4.76. The molecule has 0 saturated heterocycles. The van der Waals surface area contributed by atoms with E-state index in [1.807, 2.05) is 0 Å². The summed E-state index contributed by atoms with van der Waals surface area (Å²) >= 11 is 0. The zero-order valence-corrected chi connectivity index (χ0v) is 8.79. The SMILES string of the molecule is C#CCC(N)C(=O)c1ccc(C(F)(F)F)cc1. The second-order valence-electron chi connectivity index (χ2n) is 3.45. The lowest BCUT2D eigenvalue weighted by Gasteiger charge is -2.09. The summed E-state index contributed by atoms with van der Waals surface area (Å²) in [6, 6.07) is 3.01. The van der Waals surface area contributed by atoms with Crippen molar-refractivity contribution in [1.82, 2.24) is 0 Å². The molecule has 0 heterocycles. The molecule has 17 heavy (non-hydrogen) atoms. The second-order valence-corrected chi connectivity index (χ2v) is 3.45. The summed E-state index contributed by atoms with van der Waals surface area (Å²) in [7, 11) is 0. The highest BCUT2D eigenvalue weighted by atomic mass is 19.4. The van der Waals surface area contributed by atoms with Gasteiger partial charge in [-0.1, -0.05) is 12.1 Å². The molecule has 0 aromatic heterocycles. The monoisotopic (exact) mass is 241 g/mol. The number of halogens is 3. The third-order valence-electron chi connectivity index (χ3n) is 2.17. The van der Waals surface area contributed by atoms with Gasteiger partial charge in [0.05, 0.1) is 11.6 Å². The van der Waals surface area contributed by atoms with Crippen LogP contribution in [-0.4, -0.2) is 11.8 Å². The number of carbonyl (C=O) groups excluding carboxylic acids is 1.